The molecule has 0 saturated heterocycles. The maximum absolute atomic E-state index is 6.31. The first-order valence-electron chi connectivity index (χ1n) is 6.97. The summed E-state index contributed by atoms with van der Waals surface area (Å²) in [6.07, 6.45) is 0. The molecule has 0 amide bonds. The predicted octanol–water partition coefficient (Wildman–Crippen LogP) is 4.27. The van der Waals surface area contributed by atoms with Crippen molar-refractivity contribution < 1.29 is 9.47 Å². The Balaban J connectivity index is 2.89. The largest absolute Gasteiger partial charge is 0.493 e. The first-order valence-corrected chi connectivity index (χ1v) is 7.35. The molecule has 0 aliphatic heterocycles. The zero-order valence-corrected chi connectivity index (χ0v) is 14.1. The molecule has 0 saturated carbocycles. The van der Waals surface area contributed by atoms with Crippen molar-refractivity contribution in [3.05, 3.63) is 22.7 Å². The first kappa shape index (κ1) is 17.1. The van der Waals surface area contributed by atoms with Gasteiger partial charge >= 0.3 is 0 Å². The van der Waals surface area contributed by atoms with Crippen LogP contribution in [0.15, 0.2) is 12.1 Å². The fourth-order valence-corrected chi connectivity index (χ4v) is 1.92. The molecular weight excluding hydrogens is 274 g/mol. The molecule has 1 N–H and O–H groups in total. The van der Waals surface area contributed by atoms with Gasteiger partial charge < -0.3 is 14.8 Å². The molecular formula is C16H26ClNO2. The third-order valence-electron chi connectivity index (χ3n) is 2.67. The molecule has 0 aliphatic rings. The van der Waals surface area contributed by atoms with Crippen molar-refractivity contribution in [2.75, 3.05) is 13.7 Å². The van der Waals surface area contributed by atoms with Gasteiger partial charge in [0.15, 0.2) is 11.5 Å². The summed E-state index contributed by atoms with van der Waals surface area (Å²) >= 11 is 6.31. The van der Waals surface area contributed by atoms with Crippen molar-refractivity contribution in [3.63, 3.8) is 0 Å². The summed E-state index contributed by atoms with van der Waals surface area (Å²) < 4.78 is 11.1. The summed E-state index contributed by atoms with van der Waals surface area (Å²) in [5.41, 5.74) is 1.14. The van der Waals surface area contributed by atoms with Crippen molar-refractivity contribution in [2.24, 2.45) is 5.92 Å². The van der Waals surface area contributed by atoms with Gasteiger partial charge in [-0.3, -0.25) is 0 Å². The van der Waals surface area contributed by atoms with Crippen molar-refractivity contribution in [2.45, 2.75) is 46.7 Å². The molecule has 0 aliphatic carbocycles. The lowest BCUT2D eigenvalue weighted by Gasteiger charge is -2.21. The third kappa shape index (κ3) is 5.59. The Labute approximate surface area is 127 Å². The van der Waals surface area contributed by atoms with Gasteiger partial charge in [0.2, 0.25) is 0 Å². The van der Waals surface area contributed by atoms with Crippen LogP contribution in [0.25, 0.3) is 0 Å². The minimum Gasteiger partial charge on any atom is -0.493 e. The lowest BCUT2D eigenvalue weighted by atomic mass is 10.1. The molecule has 0 unspecified atom stereocenters. The van der Waals surface area contributed by atoms with E-state index in [2.05, 4.69) is 39.9 Å². The van der Waals surface area contributed by atoms with Crippen LogP contribution in [0, 0.1) is 5.92 Å². The van der Waals surface area contributed by atoms with Crippen LogP contribution in [-0.4, -0.2) is 19.3 Å². The Morgan fingerprint density at radius 2 is 1.90 bits per heavy atom. The smallest absolute Gasteiger partial charge is 0.179 e. The number of hydrogen-bond acceptors (Lipinski definition) is 3. The number of halogens is 1. The van der Waals surface area contributed by atoms with Crippen LogP contribution in [0.1, 0.15) is 40.2 Å². The Hall–Kier alpha value is -0.930. The highest BCUT2D eigenvalue weighted by atomic mass is 35.5. The number of rotatable bonds is 6. The summed E-state index contributed by atoms with van der Waals surface area (Å²) in [4.78, 5) is 0. The van der Waals surface area contributed by atoms with Crippen molar-refractivity contribution in [1.82, 2.24) is 5.32 Å². The quantitative estimate of drug-likeness (QED) is 0.851. The van der Waals surface area contributed by atoms with Gasteiger partial charge in [-0.05, 0) is 44.4 Å². The minimum atomic E-state index is 0.0620. The molecule has 0 fully saturated rings. The summed E-state index contributed by atoms with van der Waals surface area (Å²) in [5.74, 6) is 1.75. The molecule has 1 aromatic rings. The average Bonchev–Trinajstić information content (AvgIpc) is 2.33. The molecule has 3 nitrogen and oxygen atoms in total. The topological polar surface area (TPSA) is 30.5 Å². The van der Waals surface area contributed by atoms with Gasteiger partial charge in [0.05, 0.1) is 18.7 Å². The van der Waals surface area contributed by atoms with Crippen LogP contribution >= 0.6 is 11.6 Å². The standard InChI is InChI=1S/C16H26ClNO2/c1-11(2)10-20-15-13(17)7-12(8-14(15)19-6)9-18-16(3,4)5/h7-8,11,18H,9-10H2,1-6H3. The van der Waals surface area contributed by atoms with Gasteiger partial charge in [0.1, 0.15) is 0 Å². The normalized spacial score (nSPS) is 11.8. The second kappa shape index (κ2) is 7.19. The molecule has 4 heteroatoms. The Morgan fingerprint density at radius 3 is 2.40 bits per heavy atom. The van der Waals surface area contributed by atoms with Gasteiger partial charge in [-0.25, -0.2) is 0 Å². The molecule has 114 valence electrons. The zero-order valence-electron chi connectivity index (χ0n) is 13.3. The van der Waals surface area contributed by atoms with Crippen LogP contribution in [0.3, 0.4) is 0 Å². The van der Waals surface area contributed by atoms with Crippen LogP contribution in [0.5, 0.6) is 11.5 Å². The van der Waals surface area contributed by atoms with Gasteiger partial charge in [0.25, 0.3) is 0 Å². The minimum absolute atomic E-state index is 0.0620. The SMILES string of the molecule is COc1cc(CNC(C)(C)C)cc(Cl)c1OCC(C)C. The van der Waals surface area contributed by atoms with Gasteiger partial charge in [0, 0.05) is 12.1 Å². The van der Waals surface area contributed by atoms with Crippen molar-refractivity contribution in [1.29, 1.82) is 0 Å². The number of methoxy groups -OCH3 is 1. The molecule has 0 aromatic heterocycles. The van der Waals surface area contributed by atoms with E-state index in [1.807, 2.05) is 12.1 Å². The zero-order chi connectivity index (χ0) is 15.3. The van der Waals surface area contributed by atoms with E-state index in [4.69, 9.17) is 21.1 Å². The van der Waals surface area contributed by atoms with E-state index in [-0.39, 0.29) is 5.54 Å². The number of hydrogen-bond donors (Lipinski definition) is 1. The highest BCUT2D eigenvalue weighted by Gasteiger charge is 2.14. The van der Waals surface area contributed by atoms with Gasteiger partial charge in [-0.1, -0.05) is 25.4 Å². The lowest BCUT2D eigenvalue weighted by Crippen LogP contribution is -2.35. The van der Waals surface area contributed by atoms with Crippen LogP contribution in [-0.2, 0) is 6.54 Å². The molecule has 0 spiro atoms. The summed E-state index contributed by atoms with van der Waals surface area (Å²) in [7, 11) is 1.63. The number of nitrogens with one attached hydrogen (secondary N) is 1. The van der Waals surface area contributed by atoms with Gasteiger partial charge in [-0.2, -0.15) is 0 Å². The fraction of sp³-hybridized carbons (Fsp3) is 0.625. The Kier molecular flexibility index (Phi) is 6.15. The van der Waals surface area contributed by atoms with E-state index in [1.54, 1.807) is 7.11 Å². The molecule has 0 radical (unpaired) electrons. The maximum atomic E-state index is 6.31. The first-order chi connectivity index (χ1) is 9.23. The Bertz CT molecular complexity index is 439. The molecule has 1 rings (SSSR count). The highest BCUT2D eigenvalue weighted by Crippen LogP contribution is 2.36. The molecule has 0 heterocycles. The van der Waals surface area contributed by atoms with Crippen LogP contribution in [0.4, 0.5) is 0 Å². The van der Waals surface area contributed by atoms with E-state index in [0.717, 1.165) is 12.1 Å². The van der Waals surface area contributed by atoms with Crippen molar-refractivity contribution in [3.8, 4) is 11.5 Å². The second-order valence-electron chi connectivity index (χ2n) is 6.42. The monoisotopic (exact) mass is 299 g/mol. The van der Waals surface area contributed by atoms with E-state index < -0.39 is 0 Å². The van der Waals surface area contributed by atoms with Crippen LogP contribution < -0.4 is 14.8 Å². The molecule has 0 atom stereocenters. The fourth-order valence-electron chi connectivity index (χ4n) is 1.63. The van der Waals surface area contributed by atoms with E-state index in [1.165, 1.54) is 0 Å². The summed E-state index contributed by atoms with van der Waals surface area (Å²) in [5, 5.41) is 4.02. The van der Waals surface area contributed by atoms with Crippen LogP contribution in [0.2, 0.25) is 5.02 Å². The summed E-state index contributed by atoms with van der Waals surface area (Å²) in [6.45, 7) is 12.0. The van der Waals surface area contributed by atoms with Gasteiger partial charge in [-0.15, -0.1) is 0 Å². The summed E-state index contributed by atoms with van der Waals surface area (Å²) in [6, 6.07) is 3.90. The van der Waals surface area contributed by atoms with Crippen molar-refractivity contribution >= 4 is 11.6 Å². The lowest BCUT2D eigenvalue weighted by molar-refractivity contribution is 0.257. The second-order valence-corrected chi connectivity index (χ2v) is 6.82. The van der Waals surface area contributed by atoms with E-state index in [9.17, 15) is 0 Å². The number of ether oxygens (including phenoxy) is 2. The van der Waals surface area contributed by atoms with E-state index in [0.29, 0.717) is 29.0 Å². The number of benzene rings is 1. The highest BCUT2D eigenvalue weighted by molar-refractivity contribution is 6.32. The molecule has 1 aromatic carbocycles. The average molecular weight is 300 g/mol. The molecule has 20 heavy (non-hydrogen) atoms. The predicted molar refractivity (Wildman–Crippen MR) is 84.9 cm³/mol. The molecule has 0 bridgehead atoms. The Morgan fingerprint density at radius 1 is 1.25 bits per heavy atom. The third-order valence-corrected chi connectivity index (χ3v) is 2.95. The van der Waals surface area contributed by atoms with E-state index >= 15 is 0 Å². The maximum Gasteiger partial charge on any atom is 0.179 e.